The van der Waals surface area contributed by atoms with Crippen molar-refractivity contribution in [2.45, 2.75) is 12.5 Å². The quantitative estimate of drug-likeness (QED) is 0.637. The third kappa shape index (κ3) is 6.99. The van der Waals surface area contributed by atoms with Crippen molar-refractivity contribution in [3.05, 3.63) is 65.7 Å². The average molecular weight is 396 g/mol. The molecule has 0 saturated heterocycles. The van der Waals surface area contributed by atoms with Gasteiger partial charge in [0.1, 0.15) is 17.9 Å². The molecule has 0 aliphatic rings. The molecule has 0 aromatic heterocycles. The van der Waals surface area contributed by atoms with Crippen LogP contribution in [0.3, 0.4) is 0 Å². The maximum Gasteiger partial charge on any atom is 0.344 e. The van der Waals surface area contributed by atoms with Crippen molar-refractivity contribution in [3.8, 4) is 11.8 Å². The van der Waals surface area contributed by atoms with Gasteiger partial charge in [0, 0.05) is 6.42 Å². The van der Waals surface area contributed by atoms with E-state index in [4.69, 9.17) is 19.5 Å². The second-order valence-corrected chi connectivity index (χ2v) is 5.89. The van der Waals surface area contributed by atoms with Crippen LogP contribution in [0.5, 0.6) is 5.75 Å². The number of amides is 1. The molecule has 0 unspecified atom stereocenters. The molecule has 29 heavy (non-hydrogen) atoms. The first kappa shape index (κ1) is 21.4. The van der Waals surface area contributed by atoms with Gasteiger partial charge >= 0.3 is 11.9 Å². The standard InChI is InChI=1S/C21H20N2O6/c1-27-21(26)17(11-15-7-3-2-4-8-15)23-19(24)13-29-20(25)14-28-18-10-6-5-9-16(18)12-22/h2-10,17H,11,13-14H2,1H3,(H,23,24)/t17-/m1/s1. The monoisotopic (exact) mass is 396 g/mol. The number of methoxy groups -OCH3 is 1. The first-order chi connectivity index (χ1) is 14.0. The van der Waals surface area contributed by atoms with Gasteiger partial charge in [-0.05, 0) is 17.7 Å². The molecule has 2 rings (SSSR count). The Kier molecular flexibility index (Phi) is 8.20. The molecule has 0 heterocycles. The van der Waals surface area contributed by atoms with E-state index in [1.165, 1.54) is 7.11 Å². The zero-order valence-corrected chi connectivity index (χ0v) is 15.8. The van der Waals surface area contributed by atoms with Gasteiger partial charge in [0.2, 0.25) is 0 Å². The summed E-state index contributed by atoms with van der Waals surface area (Å²) in [4.78, 5) is 35.8. The number of nitrogens with zero attached hydrogens (tertiary/aromatic N) is 1. The van der Waals surface area contributed by atoms with Crippen molar-refractivity contribution in [1.82, 2.24) is 5.32 Å². The Morgan fingerprint density at radius 1 is 1.03 bits per heavy atom. The van der Waals surface area contributed by atoms with E-state index in [9.17, 15) is 14.4 Å². The molecule has 0 radical (unpaired) electrons. The maximum atomic E-state index is 12.1. The first-order valence-electron chi connectivity index (χ1n) is 8.72. The van der Waals surface area contributed by atoms with E-state index in [0.717, 1.165) is 5.56 Å². The van der Waals surface area contributed by atoms with Crippen molar-refractivity contribution < 1.29 is 28.6 Å². The van der Waals surface area contributed by atoms with Gasteiger partial charge in [0.25, 0.3) is 5.91 Å². The zero-order valence-electron chi connectivity index (χ0n) is 15.8. The van der Waals surface area contributed by atoms with Gasteiger partial charge < -0.3 is 19.5 Å². The average Bonchev–Trinajstić information content (AvgIpc) is 2.76. The van der Waals surface area contributed by atoms with Crippen molar-refractivity contribution in [3.63, 3.8) is 0 Å². The minimum absolute atomic E-state index is 0.237. The highest BCUT2D eigenvalue weighted by molar-refractivity contribution is 5.86. The predicted octanol–water partition coefficient (Wildman–Crippen LogP) is 1.38. The number of ether oxygens (including phenoxy) is 3. The van der Waals surface area contributed by atoms with Gasteiger partial charge in [-0.2, -0.15) is 5.26 Å². The van der Waals surface area contributed by atoms with E-state index in [0.29, 0.717) is 0 Å². The number of rotatable bonds is 9. The Hall–Kier alpha value is -3.86. The normalized spacial score (nSPS) is 10.9. The highest BCUT2D eigenvalue weighted by Gasteiger charge is 2.22. The number of para-hydroxylation sites is 1. The van der Waals surface area contributed by atoms with E-state index in [1.807, 2.05) is 36.4 Å². The number of nitrogens with one attached hydrogen (secondary N) is 1. The second-order valence-electron chi connectivity index (χ2n) is 5.89. The number of benzene rings is 2. The predicted molar refractivity (Wildman–Crippen MR) is 102 cm³/mol. The van der Waals surface area contributed by atoms with Crippen LogP contribution in [0.2, 0.25) is 0 Å². The van der Waals surface area contributed by atoms with Gasteiger partial charge in [-0.25, -0.2) is 9.59 Å². The molecule has 1 amide bonds. The molecular weight excluding hydrogens is 376 g/mol. The Morgan fingerprint density at radius 2 is 1.72 bits per heavy atom. The van der Waals surface area contributed by atoms with Gasteiger partial charge in [-0.15, -0.1) is 0 Å². The molecule has 0 aliphatic carbocycles. The zero-order chi connectivity index (χ0) is 21.1. The topological polar surface area (TPSA) is 115 Å². The van der Waals surface area contributed by atoms with E-state index in [-0.39, 0.29) is 17.7 Å². The van der Waals surface area contributed by atoms with E-state index in [2.05, 4.69) is 5.32 Å². The minimum atomic E-state index is -0.910. The third-order valence-corrected chi connectivity index (χ3v) is 3.82. The van der Waals surface area contributed by atoms with Gasteiger partial charge in [-0.1, -0.05) is 42.5 Å². The minimum Gasteiger partial charge on any atom is -0.481 e. The summed E-state index contributed by atoms with van der Waals surface area (Å²) in [6, 6.07) is 16.6. The van der Waals surface area contributed by atoms with Crippen LogP contribution in [0.15, 0.2) is 54.6 Å². The summed E-state index contributed by atoms with van der Waals surface area (Å²) in [6.45, 7) is -1.04. The van der Waals surface area contributed by atoms with Gasteiger partial charge in [0.05, 0.1) is 12.7 Å². The molecule has 8 heteroatoms. The number of hydrogen-bond acceptors (Lipinski definition) is 7. The molecule has 8 nitrogen and oxygen atoms in total. The van der Waals surface area contributed by atoms with E-state index in [1.54, 1.807) is 24.3 Å². The molecule has 150 valence electrons. The Labute approximate surface area is 168 Å². The number of nitriles is 1. The van der Waals surface area contributed by atoms with Crippen LogP contribution in [0.1, 0.15) is 11.1 Å². The van der Waals surface area contributed by atoms with Crippen molar-refractivity contribution in [2.75, 3.05) is 20.3 Å². The Balaban J connectivity index is 1.82. The molecule has 2 aromatic rings. The summed E-state index contributed by atoms with van der Waals surface area (Å²) in [5.74, 6) is -1.80. The molecule has 0 spiro atoms. The number of carbonyl (C=O) groups is 3. The van der Waals surface area contributed by atoms with Gasteiger partial charge in [0.15, 0.2) is 13.2 Å². The third-order valence-electron chi connectivity index (χ3n) is 3.82. The van der Waals surface area contributed by atoms with Crippen molar-refractivity contribution in [1.29, 1.82) is 5.26 Å². The lowest BCUT2D eigenvalue weighted by Crippen LogP contribution is -2.44. The SMILES string of the molecule is COC(=O)[C@@H](Cc1ccccc1)NC(=O)COC(=O)COc1ccccc1C#N. The molecule has 2 aromatic carbocycles. The number of esters is 2. The molecule has 0 aliphatic heterocycles. The summed E-state index contributed by atoms with van der Waals surface area (Å²) >= 11 is 0. The fourth-order valence-corrected chi connectivity index (χ4v) is 2.43. The molecule has 0 bridgehead atoms. The lowest BCUT2D eigenvalue weighted by molar-refractivity contribution is -0.151. The molecule has 0 fully saturated rings. The fraction of sp³-hybridized carbons (Fsp3) is 0.238. The van der Waals surface area contributed by atoms with E-state index >= 15 is 0 Å². The summed E-state index contributed by atoms with van der Waals surface area (Å²) in [5, 5.41) is 11.5. The van der Waals surface area contributed by atoms with Gasteiger partial charge in [-0.3, -0.25) is 4.79 Å². The molecular formula is C21H20N2O6. The lowest BCUT2D eigenvalue weighted by atomic mass is 10.1. The van der Waals surface area contributed by atoms with Crippen molar-refractivity contribution >= 4 is 17.8 Å². The van der Waals surface area contributed by atoms with Crippen LogP contribution in [0.25, 0.3) is 0 Å². The van der Waals surface area contributed by atoms with Crippen LogP contribution in [-0.2, 0) is 30.3 Å². The van der Waals surface area contributed by atoms with Crippen LogP contribution in [0, 0.1) is 11.3 Å². The molecule has 1 N–H and O–H groups in total. The lowest BCUT2D eigenvalue weighted by Gasteiger charge is -2.16. The highest BCUT2D eigenvalue weighted by Crippen LogP contribution is 2.16. The Morgan fingerprint density at radius 3 is 2.41 bits per heavy atom. The van der Waals surface area contributed by atoms with Crippen LogP contribution in [0.4, 0.5) is 0 Å². The van der Waals surface area contributed by atoms with Crippen molar-refractivity contribution in [2.24, 2.45) is 0 Å². The summed E-state index contributed by atoms with van der Waals surface area (Å²) in [6.07, 6.45) is 0.237. The Bertz CT molecular complexity index is 892. The summed E-state index contributed by atoms with van der Waals surface area (Å²) < 4.78 is 14.8. The summed E-state index contributed by atoms with van der Waals surface area (Å²) in [7, 11) is 1.23. The molecule has 0 saturated carbocycles. The first-order valence-corrected chi connectivity index (χ1v) is 8.72. The van der Waals surface area contributed by atoms with Crippen LogP contribution >= 0.6 is 0 Å². The van der Waals surface area contributed by atoms with Crippen LogP contribution < -0.4 is 10.1 Å². The largest absolute Gasteiger partial charge is 0.481 e. The number of carbonyl (C=O) groups excluding carboxylic acids is 3. The second kappa shape index (κ2) is 11.1. The molecule has 1 atom stereocenters. The maximum absolute atomic E-state index is 12.1. The number of hydrogen-bond donors (Lipinski definition) is 1. The van der Waals surface area contributed by atoms with E-state index < -0.39 is 37.1 Å². The highest BCUT2D eigenvalue weighted by atomic mass is 16.6. The summed E-state index contributed by atoms with van der Waals surface area (Å²) in [5.41, 5.74) is 1.12. The smallest absolute Gasteiger partial charge is 0.344 e. The fourth-order valence-electron chi connectivity index (χ4n) is 2.43. The van der Waals surface area contributed by atoms with Crippen LogP contribution in [-0.4, -0.2) is 44.2 Å².